The zero-order valence-corrected chi connectivity index (χ0v) is 12.9. The number of rotatable bonds is 6. The summed E-state index contributed by atoms with van der Waals surface area (Å²) in [6.07, 6.45) is 6.80. The van der Waals surface area contributed by atoms with Crippen LogP contribution in [0.3, 0.4) is 0 Å². The van der Waals surface area contributed by atoms with Crippen molar-refractivity contribution < 1.29 is 4.74 Å². The monoisotopic (exact) mass is 284 g/mol. The van der Waals surface area contributed by atoms with Crippen molar-refractivity contribution in [2.24, 2.45) is 0 Å². The minimum atomic E-state index is 0.252. The first-order chi connectivity index (χ1) is 10.3. The highest BCUT2D eigenvalue weighted by molar-refractivity contribution is 5.37. The fourth-order valence-corrected chi connectivity index (χ4v) is 3.11. The molecule has 3 heteroatoms. The molecule has 1 N–H and O–H groups in total. The van der Waals surface area contributed by atoms with Crippen molar-refractivity contribution >= 4 is 0 Å². The number of para-hydroxylation sites is 1. The summed E-state index contributed by atoms with van der Waals surface area (Å²) in [5, 5.41) is 3.53. The van der Waals surface area contributed by atoms with Crippen LogP contribution < -0.4 is 10.1 Å². The van der Waals surface area contributed by atoms with E-state index in [1.165, 1.54) is 11.1 Å². The first-order valence-corrected chi connectivity index (χ1v) is 7.93. The summed E-state index contributed by atoms with van der Waals surface area (Å²) in [6, 6.07) is 11.0. The third kappa shape index (κ3) is 3.13. The lowest BCUT2D eigenvalue weighted by molar-refractivity contribution is 0.209. The maximum atomic E-state index is 6.02. The number of benzene rings is 1. The molecule has 0 radical (unpaired) electrons. The Hall–Kier alpha value is -1.74. The van der Waals surface area contributed by atoms with E-state index in [0.717, 1.165) is 31.7 Å². The van der Waals surface area contributed by atoms with Gasteiger partial charge in [0.25, 0.3) is 0 Å². The van der Waals surface area contributed by atoms with Crippen LogP contribution in [0.1, 0.15) is 37.4 Å². The molecule has 1 aliphatic rings. The Kier molecular flexibility index (Phi) is 4.30. The molecule has 0 amide bonds. The normalized spacial score (nSPS) is 18.3. The van der Waals surface area contributed by atoms with Crippen LogP contribution in [-0.4, -0.2) is 17.2 Å². The highest BCUT2D eigenvalue weighted by Gasteiger charge is 2.22. The Balaban J connectivity index is 1.63. The van der Waals surface area contributed by atoms with Crippen LogP contribution in [0, 0.1) is 0 Å². The second-order valence-electron chi connectivity index (χ2n) is 5.71. The molecule has 2 heterocycles. The van der Waals surface area contributed by atoms with Gasteiger partial charge in [0.1, 0.15) is 11.9 Å². The van der Waals surface area contributed by atoms with Gasteiger partial charge in [-0.25, -0.2) is 0 Å². The van der Waals surface area contributed by atoms with Gasteiger partial charge in [-0.2, -0.15) is 0 Å². The largest absolute Gasteiger partial charge is 0.488 e. The summed E-state index contributed by atoms with van der Waals surface area (Å²) in [5.41, 5.74) is 2.70. The molecule has 1 aromatic carbocycles. The molecule has 0 saturated heterocycles. The number of ether oxygens (including phenoxy) is 1. The molecule has 2 unspecified atom stereocenters. The minimum absolute atomic E-state index is 0.252. The molecular weight excluding hydrogens is 260 g/mol. The van der Waals surface area contributed by atoms with Gasteiger partial charge in [-0.05, 0) is 36.2 Å². The van der Waals surface area contributed by atoms with E-state index < -0.39 is 0 Å². The second kappa shape index (κ2) is 6.35. The molecule has 1 aliphatic heterocycles. The van der Waals surface area contributed by atoms with Crippen LogP contribution in [0.5, 0.6) is 5.75 Å². The number of fused-ring (bicyclic) bond motifs is 1. The molecule has 3 nitrogen and oxygen atoms in total. The first kappa shape index (κ1) is 14.2. The summed E-state index contributed by atoms with van der Waals surface area (Å²) in [6.45, 7) is 6.30. The quantitative estimate of drug-likeness (QED) is 0.878. The van der Waals surface area contributed by atoms with Crippen molar-refractivity contribution in [3.8, 4) is 5.75 Å². The van der Waals surface area contributed by atoms with Crippen molar-refractivity contribution in [3.63, 3.8) is 0 Å². The van der Waals surface area contributed by atoms with Gasteiger partial charge in [0.2, 0.25) is 0 Å². The fourth-order valence-electron chi connectivity index (χ4n) is 3.11. The van der Waals surface area contributed by atoms with E-state index in [0.29, 0.717) is 6.04 Å². The predicted molar refractivity (Wildman–Crippen MR) is 85.7 cm³/mol. The van der Waals surface area contributed by atoms with Gasteiger partial charge < -0.3 is 14.6 Å². The summed E-state index contributed by atoms with van der Waals surface area (Å²) in [7, 11) is 0. The molecule has 2 aromatic rings. The van der Waals surface area contributed by atoms with Gasteiger partial charge in [0.05, 0.1) is 6.54 Å². The number of aromatic nitrogens is 1. The lowest BCUT2D eigenvalue weighted by Gasteiger charge is -2.15. The predicted octanol–water partition coefficient (Wildman–Crippen LogP) is 3.55. The number of hydrogen-bond donors (Lipinski definition) is 1. The van der Waals surface area contributed by atoms with Crippen LogP contribution in [0.25, 0.3) is 0 Å². The third-order valence-corrected chi connectivity index (χ3v) is 4.16. The van der Waals surface area contributed by atoms with Crippen LogP contribution in [-0.2, 0) is 13.0 Å². The topological polar surface area (TPSA) is 26.2 Å². The summed E-state index contributed by atoms with van der Waals surface area (Å²) in [5.74, 6) is 1.05. The van der Waals surface area contributed by atoms with Crippen molar-refractivity contribution in [2.45, 2.75) is 45.4 Å². The van der Waals surface area contributed by atoms with Crippen LogP contribution in [0.15, 0.2) is 42.7 Å². The molecule has 0 spiro atoms. The van der Waals surface area contributed by atoms with Gasteiger partial charge in [-0.1, -0.05) is 32.0 Å². The molecule has 0 bridgehead atoms. The smallest absolute Gasteiger partial charge is 0.123 e. The van der Waals surface area contributed by atoms with Crippen molar-refractivity contribution in [1.29, 1.82) is 0 Å². The van der Waals surface area contributed by atoms with Crippen LogP contribution in [0.2, 0.25) is 0 Å². The Morgan fingerprint density at radius 3 is 2.90 bits per heavy atom. The lowest BCUT2D eigenvalue weighted by atomic mass is 10.1. The lowest BCUT2D eigenvalue weighted by Crippen LogP contribution is -2.21. The zero-order valence-electron chi connectivity index (χ0n) is 12.9. The molecule has 3 rings (SSSR count). The Morgan fingerprint density at radius 1 is 1.29 bits per heavy atom. The van der Waals surface area contributed by atoms with Gasteiger partial charge in [-0.3, -0.25) is 0 Å². The van der Waals surface area contributed by atoms with Crippen molar-refractivity contribution in [3.05, 3.63) is 53.9 Å². The molecule has 0 fully saturated rings. The third-order valence-electron chi connectivity index (χ3n) is 4.16. The summed E-state index contributed by atoms with van der Waals surface area (Å²) >= 11 is 0. The Morgan fingerprint density at radius 2 is 2.14 bits per heavy atom. The SMILES string of the molecule is CCNC(CC)c1ccn(CC2Cc3ccccc3O2)c1. The molecular formula is C18H24N2O. The van der Waals surface area contributed by atoms with E-state index in [9.17, 15) is 0 Å². The molecule has 0 saturated carbocycles. The van der Waals surface area contributed by atoms with E-state index in [4.69, 9.17) is 4.74 Å². The van der Waals surface area contributed by atoms with Crippen LogP contribution in [0.4, 0.5) is 0 Å². The first-order valence-electron chi connectivity index (χ1n) is 7.93. The van der Waals surface area contributed by atoms with Crippen LogP contribution >= 0.6 is 0 Å². The maximum Gasteiger partial charge on any atom is 0.123 e. The Labute approximate surface area is 126 Å². The number of hydrogen-bond acceptors (Lipinski definition) is 2. The molecule has 2 atom stereocenters. The minimum Gasteiger partial charge on any atom is -0.488 e. The average molecular weight is 284 g/mol. The zero-order chi connectivity index (χ0) is 14.7. The second-order valence-corrected chi connectivity index (χ2v) is 5.71. The molecule has 21 heavy (non-hydrogen) atoms. The summed E-state index contributed by atoms with van der Waals surface area (Å²) in [4.78, 5) is 0. The average Bonchev–Trinajstić information content (AvgIpc) is 3.11. The standard InChI is InChI=1S/C18H24N2O/c1-3-17(19-4-2)15-9-10-20(12-15)13-16-11-14-7-5-6-8-18(14)21-16/h5-10,12,16-17,19H,3-4,11,13H2,1-2H3. The van der Waals surface area contributed by atoms with E-state index in [1.807, 2.05) is 6.07 Å². The van der Waals surface area contributed by atoms with Gasteiger partial charge in [-0.15, -0.1) is 0 Å². The highest BCUT2D eigenvalue weighted by Crippen LogP contribution is 2.29. The van der Waals surface area contributed by atoms with Gasteiger partial charge in [0.15, 0.2) is 0 Å². The number of nitrogens with zero attached hydrogens (tertiary/aromatic N) is 1. The van der Waals surface area contributed by atoms with E-state index in [2.05, 4.69) is 60.4 Å². The van der Waals surface area contributed by atoms with E-state index in [1.54, 1.807) is 0 Å². The maximum absolute atomic E-state index is 6.02. The molecule has 0 aliphatic carbocycles. The fraction of sp³-hybridized carbons (Fsp3) is 0.444. The van der Waals surface area contributed by atoms with Crippen molar-refractivity contribution in [2.75, 3.05) is 6.54 Å². The van der Waals surface area contributed by atoms with Gasteiger partial charge >= 0.3 is 0 Å². The number of nitrogens with one attached hydrogen (secondary N) is 1. The molecule has 112 valence electrons. The highest BCUT2D eigenvalue weighted by atomic mass is 16.5. The van der Waals surface area contributed by atoms with Crippen molar-refractivity contribution in [1.82, 2.24) is 9.88 Å². The van der Waals surface area contributed by atoms with E-state index in [-0.39, 0.29) is 6.10 Å². The Bertz CT molecular complexity index is 565. The van der Waals surface area contributed by atoms with Gasteiger partial charge in [0, 0.05) is 24.9 Å². The molecule has 1 aromatic heterocycles. The van der Waals surface area contributed by atoms with E-state index >= 15 is 0 Å². The summed E-state index contributed by atoms with van der Waals surface area (Å²) < 4.78 is 8.27.